The highest BCUT2D eigenvalue weighted by molar-refractivity contribution is 5.48. The molecular formula is C8H12N4. The molecule has 0 unspecified atom stereocenters. The van der Waals surface area contributed by atoms with Gasteiger partial charge in [-0.05, 0) is 7.05 Å². The molecule has 0 amide bonds. The van der Waals surface area contributed by atoms with E-state index in [1.165, 1.54) is 0 Å². The van der Waals surface area contributed by atoms with Crippen molar-refractivity contribution in [1.82, 2.24) is 15.5 Å². The van der Waals surface area contributed by atoms with Gasteiger partial charge in [0.05, 0.1) is 11.8 Å². The Morgan fingerprint density at radius 2 is 2.58 bits per heavy atom. The van der Waals surface area contributed by atoms with Crippen molar-refractivity contribution in [2.45, 2.75) is 6.42 Å². The number of rotatable bonds is 2. The maximum atomic E-state index is 5.52. The van der Waals surface area contributed by atoms with Gasteiger partial charge in [-0.25, -0.2) is 0 Å². The Morgan fingerprint density at radius 3 is 3.17 bits per heavy atom. The molecule has 0 spiro atoms. The van der Waals surface area contributed by atoms with E-state index in [0.29, 0.717) is 5.82 Å². The van der Waals surface area contributed by atoms with Crippen molar-refractivity contribution >= 4 is 5.82 Å². The van der Waals surface area contributed by atoms with Crippen LogP contribution in [0.15, 0.2) is 6.20 Å². The van der Waals surface area contributed by atoms with Crippen LogP contribution < -0.4 is 11.1 Å². The average molecular weight is 164 g/mol. The fourth-order valence-electron chi connectivity index (χ4n) is 0.741. The van der Waals surface area contributed by atoms with Crippen LogP contribution in [0.25, 0.3) is 0 Å². The number of hydrogen-bond donors (Lipinski definition) is 3. The minimum absolute atomic E-state index is 0.534. The summed E-state index contributed by atoms with van der Waals surface area (Å²) in [6.45, 7) is 0.894. The summed E-state index contributed by atoms with van der Waals surface area (Å²) in [5.41, 5.74) is 6.29. The molecule has 1 heterocycles. The van der Waals surface area contributed by atoms with Gasteiger partial charge < -0.3 is 11.1 Å². The van der Waals surface area contributed by atoms with Crippen LogP contribution in [0.3, 0.4) is 0 Å². The zero-order valence-corrected chi connectivity index (χ0v) is 7.02. The van der Waals surface area contributed by atoms with Crippen molar-refractivity contribution in [3.8, 4) is 11.8 Å². The fraction of sp³-hybridized carbons (Fsp3) is 0.375. The van der Waals surface area contributed by atoms with Crippen LogP contribution in [0.4, 0.5) is 5.82 Å². The van der Waals surface area contributed by atoms with E-state index in [-0.39, 0.29) is 0 Å². The molecular weight excluding hydrogens is 152 g/mol. The summed E-state index contributed by atoms with van der Waals surface area (Å²) in [6.07, 6.45) is 2.45. The Labute approximate surface area is 71.5 Å². The van der Waals surface area contributed by atoms with Gasteiger partial charge in [-0.15, -0.1) is 0 Å². The minimum Gasteiger partial charge on any atom is -0.383 e. The number of nitrogens with zero attached hydrogens (tertiary/aromatic N) is 1. The lowest BCUT2D eigenvalue weighted by Gasteiger charge is -1.87. The van der Waals surface area contributed by atoms with Crippen LogP contribution in [0.2, 0.25) is 0 Å². The van der Waals surface area contributed by atoms with E-state index >= 15 is 0 Å². The molecule has 1 aromatic rings. The molecule has 0 aromatic carbocycles. The highest BCUT2D eigenvalue weighted by atomic mass is 15.1. The Bertz CT molecular complexity index is 291. The average Bonchev–Trinajstić information content (AvgIpc) is 2.46. The smallest absolute Gasteiger partial charge is 0.134 e. The van der Waals surface area contributed by atoms with E-state index in [2.05, 4.69) is 27.4 Å². The number of aromatic amines is 1. The zero-order chi connectivity index (χ0) is 8.81. The number of nitrogens with one attached hydrogen (secondary N) is 2. The number of nitrogens with two attached hydrogens (primary N) is 1. The number of H-pyrrole nitrogens is 1. The third kappa shape index (κ3) is 2.29. The van der Waals surface area contributed by atoms with Crippen LogP contribution in [-0.2, 0) is 0 Å². The summed E-state index contributed by atoms with van der Waals surface area (Å²) in [6, 6.07) is 0. The van der Waals surface area contributed by atoms with Gasteiger partial charge in [0.2, 0.25) is 0 Å². The van der Waals surface area contributed by atoms with Gasteiger partial charge in [-0.3, -0.25) is 5.10 Å². The molecule has 0 saturated heterocycles. The summed E-state index contributed by atoms with van der Waals surface area (Å²) >= 11 is 0. The van der Waals surface area contributed by atoms with Crippen molar-refractivity contribution in [2.24, 2.45) is 0 Å². The second kappa shape index (κ2) is 4.42. The zero-order valence-electron chi connectivity index (χ0n) is 7.02. The molecule has 64 valence electrons. The SMILES string of the molecule is CNCCC#Cc1cn[nH]c1N. The number of anilines is 1. The molecule has 4 heteroatoms. The lowest BCUT2D eigenvalue weighted by atomic mass is 10.3. The first-order valence-corrected chi connectivity index (χ1v) is 3.77. The van der Waals surface area contributed by atoms with E-state index in [1.807, 2.05) is 7.05 Å². The van der Waals surface area contributed by atoms with Gasteiger partial charge in [0.25, 0.3) is 0 Å². The van der Waals surface area contributed by atoms with Crippen LogP contribution in [0.5, 0.6) is 0 Å². The Balaban J connectivity index is 2.49. The first-order chi connectivity index (χ1) is 5.84. The highest BCUT2D eigenvalue weighted by Crippen LogP contribution is 2.02. The molecule has 0 aliphatic heterocycles. The van der Waals surface area contributed by atoms with Crippen LogP contribution in [0, 0.1) is 11.8 Å². The molecule has 1 rings (SSSR count). The lowest BCUT2D eigenvalue weighted by Crippen LogP contribution is -2.05. The van der Waals surface area contributed by atoms with E-state index < -0.39 is 0 Å². The van der Waals surface area contributed by atoms with Crippen molar-refractivity contribution in [2.75, 3.05) is 19.3 Å². The predicted molar refractivity (Wildman–Crippen MR) is 48.4 cm³/mol. The second-order valence-corrected chi connectivity index (χ2v) is 2.35. The second-order valence-electron chi connectivity index (χ2n) is 2.35. The van der Waals surface area contributed by atoms with Crippen molar-refractivity contribution in [1.29, 1.82) is 0 Å². The Kier molecular flexibility index (Phi) is 3.17. The van der Waals surface area contributed by atoms with Crippen molar-refractivity contribution in [3.05, 3.63) is 11.8 Å². The van der Waals surface area contributed by atoms with E-state index in [9.17, 15) is 0 Å². The van der Waals surface area contributed by atoms with E-state index in [4.69, 9.17) is 5.73 Å². The standard InChI is InChI=1S/C8H12N4/c1-10-5-3-2-4-7-6-11-12-8(7)9/h6,10H,3,5H2,1H3,(H3,9,11,12). The molecule has 0 atom stereocenters. The summed E-state index contributed by atoms with van der Waals surface area (Å²) in [5.74, 6) is 6.43. The van der Waals surface area contributed by atoms with Gasteiger partial charge in [0.1, 0.15) is 5.82 Å². The normalized spacial score (nSPS) is 9.08. The Hall–Kier alpha value is -1.47. The predicted octanol–water partition coefficient (Wildman–Crippen LogP) is -0.0471. The summed E-state index contributed by atoms with van der Waals surface area (Å²) in [7, 11) is 1.90. The summed E-state index contributed by atoms with van der Waals surface area (Å²) in [4.78, 5) is 0. The number of hydrogen-bond acceptors (Lipinski definition) is 3. The molecule has 0 bridgehead atoms. The van der Waals surface area contributed by atoms with Gasteiger partial charge >= 0.3 is 0 Å². The molecule has 12 heavy (non-hydrogen) atoms. The first-order valence-electron chi connectivity index (χ1n) is 3.77. The maximum Gasteiger partial charge on any atom is 0.134 e. The monoisotopic (exact) mass is 164 g/mol. The largest absolute Gasteiger partial charge is 0.383 e. The molecule has 0 aliphatic carbocycles. The maximum absolute atomic E-state index is 5.52. The van der Waals surface area contributed by atoms with Crippen LogP contribution in [0.1, 0.15) is 12.0 Å². The lowest BCUT2D eigenvalue weighted by molar-refractivity contribution is 0.818. The first kappa shape index (κ1) is 8.62. The van der Waals surface area contributed by atoms with E-state index in [1.54, 1.807) is 6.20 Å². The highest BCUT2D eigenvalue weighted by Gasteiger charge is 1.93. The molecule has 0 radical (unpaired) electrons. The van der Waals surface area contributed by atoms with Gasteiger partial charge in [0, 0.05) is 13.0 Å². The Morgan fingerprint density at radius 1 is 1.75 bits per heavy atom. The molecule has 0 saturated carbocycles. The quantitative estimate of drug-likeness (QED) is 0.424. The summed E-state index contributed by atoms with van der Waals surface area (Å²) in [5, 5.41) is 9.38. The molecule has 4 nitrogen and oxygen atoms in total. The number of nitrogen functional groups attached to an aromatic ring is 1. The molecule has 1 aromatic heterocycles. The number of aromatic nitrogens is 2. The molecule has 0 aliphatic rings. The van der Waals surface area contributed by atoms with Gasteiger partial charge in [-0.1, -0.05) is 11.8 Å². The molecule has 0 fully saturated rings. The van der Waals surface area contributed by atoms with Crippen LogP contribution >= 0.6 is 0 Å². The van der Waals surface area contributed by atoms with Crippen molar-refractivity contribution < 1.29 is 0 Å². The van der Waals surface area contributed by atoms with Crippen LogP contribution in [-0.4, -0.2) is 23.8 Å². The third-order valence-electron chi connectivity index (χ3n) is 1.39. The summed E-state index contributed by atoms with van der Waals surface area (Å²) < 4.78 is 0. The topological polar surface area (TPSA) is 66.7 Å². The van der Waals surface area contributed by atoms with Crippen molar-refractivity contribution in [3.63, 3.8) is 0 Å². The fourth-order valence-corrected chi connectivity index (χ4v) is 0.741. The van der Waals surface area contributed by atoms with Gasteiger partial charge in [0.15, 0.2) is 0 Å². The minimum atomic E-state index is 0.534. The van der Waals surface area contributed by atoms with E-state index in [0.717, 1.165) is 18.5 Å². The van der Waals surface area contributed by atoms with Gasteiger partial charge in [-0.2, -0.15) is 5.10 Å². The molecule has 4 N–H and O–H groups in total. The third-order valence-corrected chi connectivity index (χ3v) is 1.39.